The van der Waals surface area contributed by atoms with Crippen LogP contribution in [0.3, 0.4) is 0 Å². The van der Waals surface area contributed by atoms with Crippen LogP contribution in [0.4, 0.5) is 5.69 Å². The number of hydrogen-bond donors (Lipinski definition) is 0. The lowest BCUT2D eigenvalue weighted by Crippen LogP contribution is -2.49. The lowest BCUT2D eigenvalue weighted by atomic mass is 10.2. The summed E-state index contributed by atoms with van der Waals surface area (Å²) in [4.78, 5) is 16.8. The summed E-state index contributed by atoms with van der Waals surface area (Å²) >= 11 is 10.5. The molecule has 1 aliphatic rings. The van der Waals surface area contributed by atoms with Gasteiger partial charge in [-0.15, -0.1) is 0 Å². The third-order valence-electron chi connectivity index (χ3n) is 4.51. The van der Waals surface area contributed by atoms with Gasteiger partial charge in [-0.25, -0.2) is 0 Å². The first kappa shape index (κ1) is 20.0. The Morgan fingerprint density at radius 1 is 1.27 bits per heavy atom. The molecule has 0 spiro atoms. The number of piperazine rings is 1. The van der Waals surface area contributed by atoms with Crippen LogP contribution in [0.15, 0.2) is 18.2 Å². The van der Waals surface area contributed by atoms with Gasteiger partial charge >= 0.3 is 0 Å². The number of halogens is 3. The summed E-state index contributed by atoms with van der Waals surface area (Å²) in [6.45, 7) is 5.09. The molecule has 0 radical (unpaired) electrons. The highest BCUT2D eigenvalue weighted by Gasteiger charge is 2.23. The summed E-state index contributed by atoms with van der Waals surface area (Å²) in [5, 5.41) is 4.95. The highest BCUT2D eigenvalue weighted by molar-refractivity contribution is 14.1. The number of amides is 1. The van der Waals surface area contributed by atoms with E-state index in [0.29, 0.717) is 18.1 Å². The van der Waals surface area contributed by atoms with Gasteiger partial charge in [-0.1, -0.05) is 11.6 Å². The largest absolute Gasteiger partial charge is 0.496 e. The summed E-state index contributed by atoms with van der Waals surface area (Å²) in [6.07, 6.45) is 0. The van der Waals surface area contributed by atoms with Crippen LogP contribution < -0.4 is 9.64 Å². The molecule has 3 rings (SSSR count). The molecule has 0 aliphatic carbocycles. The van der Waals surface area contributed by atoms with Gasteiger partial charge in [0.1, 0.15) is 16.0 Å². The van der Waals surface area contributed by atoms with Gasteiger partial charge in [-0.2, -0.15) is 5.10 Å². The molecule has 1 fully saturated rings. The van der Waals surface area contributed by atoms with Crippen LogP contribution in [0.1, 0.15) is 5.69 Å². The Morgan fingerprint density at radius 2 is 1.96 bits per heavy atom. The number of carbonyl (C=O) groups excluding carboxylic acids is 1. The predicted octanol–water partition coefficient (Wildman–Crippen LogP) is 3.41. The molecule has 1 aromatic heterocycles. The van der Waals surface area contributed by atoms with Crippen LogP contribution in [-0.2, 0) is 11.3 Å². The van der Waals surface area contributed by atoms with Gasteiger partial charge in [0.05, 0.1) is 21.4 Å². The van der Waals surface area contributed by atoms with Crippen LogP contribution in [0.5, 0.6) is 5.75 Å². The number of benzene rings is 1. The van der Waals surface area contributed by atoms with Crippen LogP contribution >= 0.6 is 56.8 Å². The standard InChI is InChI=1S/C17H19ClI2N4O2/c1-11-16(18)17(20)21-24(11)10-15(25)23-7-5-22(6-8-23)12-3-4-13(19)14(9-12)26-2/h3-4,9H,5-8,10H2,1-2H3. The van der Waals surface area contributed by atoms with Crippen molar-refractivity contribution in [1.29, 1.82) is 0 Å². The van der Waals surface area contributed by atoms with Crippen molar-refractivity contribution in [1.82, 2.24) is 14.7 Å². The van der Waals surface area contributed by atoms with Crippen molar-refractivity contribution >= 4 is 68.4 Å². The van der Waals surface area contributed by atoms with Crippen molar-refractivity contribution in [2.24, 2.45) is 0 Å². The molecule has 1 aromatic carbocycles. The highest BCUT2D eigenvalue weighted by Crippen LogP contribution is 2.27. The van der Waals surface area contributed by atoms with Crippen molar-refractivity contribution in [2.75, 3.05) is 38.2 Å². The fourth-order valence-electron chi connectivity index (χ4n) is 2.93. The van der Waals surface area contributed by atoms with Crippen LogP contribution in [0, 0.1) is 14.2 Å². The van der Waals surface area contributed by atoms with Crippen molar-refractivity contribution in [3.05, 3.63) is 36.2 Å². The summed E-state index contributed by atoms with van der Waals surface area (Å²) in [7, 11) is 1.68. The second kappa shape index (κ2) is 8.51. The van der Waals surface area contributed by atoms with E-state index in [1.54, 1.807) is 11.8 Å². The smallest absolute Gasteiger partial charge is 0.244 e. The quantitative estimate of drug-likeness (QED) is 0.505. The number of carbonyl (C=O) groups is 1. The molecule has 0 atom stereocenters. The van der Waals surface area contributed by atoms with E-state index in [0.717, 1.165) is 37.5 Å². The SMILES string of the molecule is COc1cc(N2CCN(C(=O)Cn3nc(I)c(Cl)c3C)CC2)ccc1I. The molecular formula is C17H19ClI2N4O2. The fourth-order valence-corrected chi connectivity index (χ4v) is 4.27. The van der Waals surface area contributed by atoms with E-state index in [1.165, 1.54) is 0 Å². The van der Waals surface area contributed by atoms with Crippen molar-refractivity contribution in [3.63, 3.8) is 0 Å². The van der Waals surface area contributed by atoms with Crippen LogP contribution in [0.25, 0.3) is 0 Å². The number of methoxy groups -OCH3 is 1. The first-order valence-electron chi connectivity index (χ1n) is 8.15. The lowest BCUT2D eigenvalue weighted by molar-refractivity contribution is -0.132. The molecule has 140 valence electrons. The zero-order valence-electron chi connectivity index (χ0n) is 14.5. The molecule has 1 saturated heterocycles. The minimum atomic E-state index is 0.0727. The van der Waals surface area contributed by atoms with Gasteiger partial charge in [0.15, 0.2) is 0 Å². The third kappa shape index (κ3) is 4.22. The van der Waals surface area contributed by atoms with E-state index in [-0.39, 0.29) is 12.5 Å². The Morgan fingerprint density at radius 3 is 2.54 bits per heavy atom. The normalized spacial score (nSPS) is 14.7. The van der Waals surface area contributed by atoms with Crippen molar-refractivity contribution < 1.29 is 9.53 Å². The summed E-state index contributed by atoms with van der Waals surface area (Å²) < 4.78 is 8.91. The van der Waals surface area contributed by atoms with E-state index in [1.807, 2.05) is 11.8 Å². The average molecular weight is 601 g/mol. The molecule has 0 saturated carbocycles. The number of hydrogen-bond acceptors (Lipinski definition) is 4. The molecule has 26 heavy (non-hydrogen) atoms. The van der Waals surface area contributed by atoms with Gasteiger partial charge in [-0.3, -0.25) is 9.48 Å². The number of ether oxygens (including phenoxy) is 1. The number of anilines is 1. The first-order chi connectivity index (χ1) is 12.4. The Hall–Kier alpha value is -0.750. The van der Waals surface area contributed by atoms with E-state index < -0.39 is 0 Å². The minimum absolute atomic E-state index is 0.0727. The highest BCUT2D eigenvalue weighted by atomic mass is 127. The van der Waals surface area contributed by atoms with Crippen molar-refractivity contribution in [2.45, 2.75) is 13.5 Å². The van der Waals surface area contributed by atoms with Gasteiger partial charge in [0.25, 0.3) is 0 Å². The van der Waals surface area contributed by atoms with Crippen LogP contribution in [0.2, 0.25) is 5.02 Å². The Kier molecular flexibility index (Phi) is 6.54. The maximum atomic E-state index is 12.6. The summed E-state index contributed by atoms with van der Waals surface area (Å²) in [5.74, 6) is 0.950. The number of rotatable bonds is 4. The van der Waals surface area contributed by atoms with Gasteiger partial charge in [0.2, 0.25) is 5.91 Å². The maximum absolute atomic E-state index is 12.6. The van der Waals surface area contributed by atoms with E-state index >= 15 is 0 Å². The number of nitrogens with zero attached hydrogens (tertiary/aromatic N) is 4. The molecule has 6 nitrogen and oxygen atoms in total. The lowest BCUT2D eigenvalue weighted by Gasteiger charge is -2.36. The molecular weight excluding hydrogens is 581 g/mol. The van der Waals surface area contributed by atoms with E-state index in [2.05, 4.69) is 73.4 Å². The topological polar surface area (TPSA) is 50.6 Å². The third-order valence-corrected chi connectivity index (χ3v) is 6.93. The molecule has 9 heteroatoms. The first-order valence-corrected chi connectivity index (χ1v) is 10.7. The predicted molar refractivity (Wildman–Crippen MR) is 119 cm³/mol. The minimum Gasteiger partial charge on any atom is -0.496 e. The molecule has 0 N–H and O–H groups in total. The van der Waals surface area contributed by atoms with E-state index in [4.69, 9.17) is 16.3 Å². The number of aromatic nitrogens is 2. The second-order valence-electron chi connectivity index (χ2n) is 6.03. The second-order valence-corrected chi connectivity index (χ2v) is 8.60. The zero-order valence-corrected chi connectivity index (χ0v) is 19.6. The Bertz CT molecular complexity index is 819. The molecule has 1 aliphatic heterocycles. The molecule has 0 unspecified atom stereocenters. The van der Waals surface area contributed by atoms with Gasteiger partial charge < -0.3 is 14.5 Å². The molecule has 1 amide bonds. The Balaban J connectivity index is 1.61. The molecule has 0 bridgehead atoms. The van der Waals surface area contributed by atoms with E-state index in [9.17, 15) is 4.79 Å². The van der Waals surface area contributed by atoms with Crippen molar-refractivity contribution in [3.8, 4) is 5.75 Å². The molecule has 2 heterocycles. The maximum Gasteiger partial charge on any atom is 0.244 e. The summed E-state index contributed by atoms with van der Waals surface area (Å²) in [6, 6.07) is 6.20. The average Bonchev–Trinajstić information content (AvgIpc) is 2.89. The van der Waals surface area contributed by atoms with Gasteiger partial charge in [-0.05, 0) is 64.2 Å². The fraction of sp³-hybridized carbons (Fsp3) is 0.412. The molecule has 2 aromatic rings. The zero-order chi connectivity index (χ0) is 18.8. The van der Waals surface area contributed by atoms with Gasteiger partial charge in [0, 0.05) is 37.9 Å². The van der Waals surface area contributed by atoms with Crippen LogP contribution in [-0.4, -0.2) is 53.9 Å². The Labute approximate surface area is 185 Å². The summed E-state index contributed by atoms with van der Waals surface area (Å²) in [5.41, 5.74) is 1.95. The monoisotopic (exact) mass is 600 g/mol.